The van der Waals surface area contributed by atoms with Gasteiger partial charge in [0.2, 0.25) is 0 Å². The van der Waals surface area contributed by atoms with Crippen molar-refractivity contribution in [2.24, 2.45) is 0 Å². The van der Waals surface area contributed by atoms with Crippen LogP contribution in [0.4, 0.5) is 0 Å². The number of rotatable bonds is 1. The van der Waals surface area contributed by atoms with Crippen molar-refractivity contribution in [3.05, 3.63) is 34.3 Å². The number of halogens is 1. The fraction of sp³-hybridized carbons (Fsp3) is 0.455. The first kappa shape index (κ1) is 10.3. The summed E-state index contributed by atoms with van der Waals surface area (Å²) in [4.78, 5) is 0. The maximum absolute atomic E-state index is 6.09. The highest BCUT2D eigenvalue weighted by molar-refractivity contribution is 7.99. The highest BCUT2D eigenvalue weighted by Gasteiger charge is 2.22. The van der Waals surface area contributed by atoms with E-state index >= 15 is 0 Å². The van der Waals surface area contributed by atoms with E-state index in [4.69, 9.17) is 11.6 Å². The van der Waals surface area contributed by atoms with Crippen LogP contribution in [0.15, 0.2) is 18.2 Å². The summed E-state index contributed by atoms with van der Waals surface area (Å²) in [6.45, 7) is 4.24. The Morgan fingerprint density at radius 3 is 2.86 bits per heavy atom. The van der Waals surface area contributed by atoms with Crippen LogP contribution in [0, 0.1) is 6.92 Å². The van der Waals surface area contributed by atoms with Gasteiger partial charge in [0.25, 0.3) is 0 Å². The predicted molar refractivity (Wildman–Crippen MR) is 64.0 cm³/mol. The highest BCUT2D eigenvalue weighted by atomic mass is 35.5. The molecule has 0 amide bonds. The molecule has 1 aliphatic rings. The zero-order valence-electron chi connectivity index (χ0n) is 8.38. The lowest BCUT2D eigenvalue weighted by molar-refractivity contribution is 0.618. The molecule has 1 nitrogen and oxygen atoms in total. The minimum absolute atomic E-state index is 0.420. The van der Waals surface area contributed by atoms with Crippen LogP contribution in [0.3, 0.4) is 0 Å². The van der Waals surface area contributed by atoms with E-state index < -0.39 is 0 Å². The first-order chi connectivity index (χ1) is 6.66. The predicted octanol–water partition coefficient (Wildman–Crippen LogP) is 3.37. The fourth-order valence-corrected chi connectivity index (χ4v) is 2.99. The standard InChI is InChI=1S/C11H14ClNS/c1-7-3-4-9(5-10(7)12)11-13-8(2)6-14-11/h3-5,8,11,13H,6H2,1-2H3. The van der Waals surface area contributed by atoms with Crippen molar-refractivity contribution in [3.63, 3.8) is 0 Å². The molecule has 1 saturated heterocycles. The summed E-state index contributed by atoms with van der Waals surface area (Å²) >= 11 is 8.04. The van der Waals surface area contributed by atoms with Gasteiger partial charge in [-0.2, -0.15) is 0 Å². The number of hydrogen-bond acceptors (Lipinski definition) is 2. The Kier molecular flexibility index (Phi) is 3.05. The zero-order valence-corrected chi connectivity index (χ0v) is 9.95. The molecule has 0 bridgehead atoms. The molecule has 2 unspecified atom stereocenters. The summed E-state index contributed by atoms with van der Waals surface area (Å²) < 4.78 is 0. The molecule has 1 heterocycles. The van der Waals surface area contributed by atoms with Crippen LogP contribution in [0.2, 0.25) is 5.02 Å². The van der Waals surface area contributed by atoms with Crippen molar-refractivity contribution in [1.82, 2.24) is 5.32 Å². The lowest BCUT2D eigenvalue weighted by Gasteiger charge is -2.12. The van der Waals surface area contributed by atoms with Crippen molar-refractivity contribution in [1.29, 1.82) is 0 Å². The van der Waals surface area contributed by atoms with E-state index in [-0.39, 0.29) is 0 Å². The van der Waals surface area contributed by atoms with Crippen molar-refractivity contribution in [2.75, 3.05) is 5.75 Å². The second-order valence-corrected chi connectivity index (χ2v) is 5.33. The number of thioether (sulfide) groups is 1. The first-order valence-corrected chi connectivity index (χ1v) is 6.23. The molecule has 1 fully saturated rings. The van der Waals surface area contributed by atoms with E-state index in [1.54, 1.807) is 0 Å². The normalized spacial score (nSPS) is 26.8. The molecule has 14 heavy (non-hydrogen) atoms. The summed E-state index contributed by atoms with van der Waals surface area (Å²) in [5.41, 5.74) is 2.43. The third-order valence-corrected chi connectivity index (χ3v) is 4.29. The van der Waals surface area contributed by atoms with Gasteiger partial charge in [-0.3, -0.25) is 5.32 Å². The van der Waals surface area contributed by atoms with Gasteiger partial charge in [0, 0.05) is 16.8 Å². The molecule has 0 aromatic heterocycles. The summed E-state index contributed by atoms with van der Waals surface area (Å²) in [7, 11) is 0. The van der Waals surface area contributed by atoms with Gasteiger partial charge >= 0.3 is 0 Å². The second kappa shape index (κ2) is 4.13. The third-order valence-electron chi connectivity index (χ3n) is 2.45. The Bertz CT molecular complexity index is 340. The van der Waals surface area contributed by atoms with Crippen LogP contribution in [0.1, 0.15) is 23.4 Å². The summed E-state index contributed by atoms with van der Waals surface area (Å²) in [6.07, 6.45) is 0. The number of nitrogens with one attached hydrogen (secondary N) is 1. The summed E-state index contributed by atoms with van der Waals surface area (Å²) in [6, 6.07) is 6.91. The Labute approximate surface area is 94.2 Å². The maximum atomic E-state index is 6.09. The average Bonchev–Trinajstić information content (AvgIpc) is 2.57. The van der Waals surface area contributed by atoms with E-state index in [1.165, 1.54) is 11.3 Å². The molecule has 0 aliphatic carbocycles. The van der Waals surface area contributed by atoms with E-state index in [1.807, 2.05) is 18.7 Å². The minimum atomic E-state index is 0.420. The molecule has 76 valence electrons. The first-order valence-electron chi connectivity index (χ1n) is 4.80. The zero-order chi connectivity index (χ0) is 10.1. The van der Waals surface area contributed by atoms with Crippen LogP contribution in [-0.2, 0) is 0 Å². The van der Waals surface area contributed by atoms with Gasteiger partial charge in [0.15, 0.2) is 0 Å². The Morgan fingerprint density at radius 1 is 1.50 bits per heavy atom. The average molecular weight is 228 g/mol. The molecule has 1 aromatic rings. The lowest BCUT2D eigenvalue weighted by atomic mass is 10.1. The molecular formula is C11H14ClNS. The number of aryl methyl sites for hydroxylation is 1. The van der Waals surface area contributed by atoms with Crippen LogP contribution in [0.5, 0.6) is 0 Å². The van der Waals surface area contributed by atoms with Crippen LogP contribution >= 0.6 is 23.4 Å². The van der Waals surface area contributed by atoms with E-state index in [0.717, 1.165) is 10.6 Å². The van der Waals surface area contributed by atoms with Gasteiger partial charge < -0.3 is 0 Å². The minimum Gasteiger partial charge on any atom is -0.298 e. The molecule has 3 heteroatoms. The topological polar surface area (TPSA) is 12.0 Å². The van der Waals surface area contributed by atoms with Gasteiger partial charge in [0.05, 0.1) is 5.37 Å². The highest BCUT2D eigenvalue weighted by Crippen LogP contribution is 2.34. The third kappa shape index (κ3) is 2.08. The van der Waals surface area contributed by atoms with Gasteiger partial charge in [-0.25, -0.2) is 0 Å². The Balaban J connectivity index is 2.20. The quantitative estimate of drug-likeness (QED) is 0.790. The monoisotopic (exact) mass is 227 g/mol. The van der Waals surface area contributed by atoms with Crippen LogP contribution < -0.4 is 5.32 Å². The molecule has 0 saturated carbocycles. The van der Waals surface area contributed by atoms with E-state index in [9.17, 15) is 0 Å². The molecule has 1 aliphatic heterocycles. The van der Waals surface area contributed by atoms with Gasteiger partial charge in [0.1, 0.15) is 0 Å². The Morgan fingerprint density at radius 2 is 2.29 bits per heavy atom. The van der Waals surface area contributed by atoms with Crippen LogP contribution in [0.25, 0.3) is 0 Å². The van der Waals surface area contributed by atoms with Gasteiger partial charge in [-0.1, -0.05) is 23.7 Å². The Hall–Kier alpha value is -0.180. The molecule has 2 atom stereocenters. The maximum Gasteiger partial charge on any atom is 0.0792 e. The van der Waals surface area contributed by atoms with E-state index in [0.29, 0.717) is 11.4 Å². The molecule has 0 radical (unpaired) electrons. The van der Waals surface area contributed by atoms with Crippen molar-refractivity contribution < 1.29 is 0 Å². The van der Waals surface area contributed by atoms with Crippen LogP contribution in [-0.4, -0.2) is 11.8 Å². The van der Waals surface area contributed by atoms with Gasteiger partial charge in [-0.15, -0.1) is 11.8 Å². The molecule has 1 N–H and O–H groups in total. The largest absolute Gasteiger partial charge is 0.298 e. The number of benzene rings is 1. The molecular weight excluding hydrogens is 214 g/mol. The van der Waals surface area contributed by atoms with Crippen molar-refractivity contribution in [2.45, 2.75) is 25.3 Å². The van der Waals surface area contributed by atoms with Gasteiger partial charge in [-0.05, 0) is 31.0 Å². The summed E-state index contributed by atoms with van der Waals surface area (Å²) in [5.74, 6) is 1.18. The molecule has 0 spiro atoms. The molecule has 1 aromatic carbocycles. The fourth-order valence-electron chi connectivity index (χ4n) is 1.56. The van der Waals surface area contributed by atoms with E-state index in [2.05, 4.69) is 30.4 Å². The number of hydrogen-bond donors (Lipinski definition) is 1. The van der Waals surface area contributed by atoms with Crippen molar-refractivity contribution in [3.8, 4) is 0 Å². The smallest absolute Gasteiger partial charge is 0.0792 e. The SMILES string of the molecule is Cc1ccc(C2NC(C)CS2)cc1Cl. The summed E-state index contributed by atoms with van der Waals surface area (Å²) in [5, 5.41) is 4.81. The second-order valence-electron chi connectivity index (χ2n) is 3.79. The molecule has 2 rings (SSSR count). The lowest BCUT2D eigenvalue weighted by Crippen LogP contribution is -2.21. The van der Waals surface area contributed by atoms with Crippen molar-refractivity contribution >= 4 is 23.4 Å².